The molecule has 9 nitrogen and oxygen atoms in total. The lowest BCUT2D eigenvalue weighted by atomic mass is 10.1. The molecule has 0 aliphatic heterocycles. The van der Waals surface area contributed by atoms with Gasteiger partial charge in [-0.05, 0) is 60.5 Å². The Morgan fingerprint density at radius 1 is 0.955 bits per heavy atom. The summed E-state index contributed by atoms with van der Waals surface area (Å²) in [5.74, 6) is -1.14. The predicted molar refractivity (Wildman–Crippen MR) is 161 cm³/mol. The number of rotatable bonds is 14. The van der Waals surface area contributed by atoms with Crippen LogP contribution in [0.15, 0.2) is 70.5 Å². The summed E-state index contributed by atoms with van der Waals surface area (Å²) in [5, 5.41) is 12.9. The first-order chi connectivity index (χ1) is 20.5. The maximum absolute atomic E-state index is 13.4. The summed E-state index contributed by atoms with van der Waals surface area (Å²) < 4.78 is 94.9. The Bertz CT molecular complexity index is 1700. The highest BCUT2D eigenvalue weighted by Crippen LogP contribution is 2.37. The number of unbranched alkanes of at least 4 members (excludes halogenated alkanes) is 2. The van der Waals surface area contributed by atoms with Gasteiger partial charge in [0, 0.05) is 30.2 Å². The quantitative estimate of drug-likeness (QED) is 0.131. The molecule has 0 aliphatic rings. The fourth-order valence-electron chi connectivity index (χ4n) is 4.10. The zero-order valence-electron chi connectivity index (χ0n) is 23.4. The number of benzene rings is 3. The molecule has 3 aromatic carbocycles. The molecule has 0 spiro atoms. The van der Waals surface area contributed by atoms with Gasteiger partial charge in [0.2, 0.25) is 0 Å². The van der Waals surface area contributed by atoms with Crippen molar-refractivity contribution in [1.29, 1.82) is 0 Å². The summed E-state index contributed by atoms with van der Waals surface area (Å²) in [5.41, 5.74) is -1.50. The number of hydrogen-bond donors (Lipinski definition) is 3. The van der Waals surface area contributed by atoms with E-state index in [1.54, 1.807) is 0 Å². The summed E-state index contributed by atoms with van der Waals surface area (Å²) in [4.78, 5) is 11.3. The minimum Gasteiger partial charge on any atom is -0.351 e. The van der Waals surface area contributed by atoms with Crippen molar-refractivity contribution in [2.45, 2.75) is 47.9 Å². The molecule has 3 aromatic rings. The lowest BCUT2D eigenvalue weighted by molar-refractivity contribution is -0.137. The first-order valence-corrected chi connectivity index (χ1v) is 17.2. The molecule has 16 heteroatoms. The van der Waals surface area contributed by atoms with Crippen molar-refractivity contribution >= 4 is 54.7 Å². The van der Waals surface area contributed by atoms with Crippen LogP contribution in [0, 0.1) is 0 Å². The van der Waals surface area contributed by atoms with Crippen LogP contribution < -0.4 is 10.0 Å². The number of carbonyl (C=O) groups is 1. The third-order valence-electron chi connectivity index (χ3n) is 6.30. The SMILES string of the molecule is CCCCCN(O)CCNC(=O)c1cccc(CS(=O)(=O)c2ccc(Cl)cc2NS(=O)(=O)c2ccc(Cl)c(C(F)(F)F)c2)c1. The van der Waals surface area contributed by atoms with Gasteiger partial charge in [0.1, 0.15) is 0 Å². The van der Waals surface area contributed by atoms with Gasteiger partial charge in [0.25, 0.3) is 15.9 Å². The Labute approximate surface area is 263 Å². The minimum absolute atomic E-state index is 0.0424. The smallest absolute Gasteiger partial charge is 0.351 e. The van der Waals surface area contributed by atoms with Crippen molar-refractivity contribution in [3.63, 3.8) is 0 Å². The van der Waals surface area contributed by atoms with Gasteiger partial charge in [-0.25, -0.2) is 16.8 Å². The van der Waals surface area contributed by atoms with Crippen molar-refractivity contribution in [2.24, 2.45) is 0 Å². The molecule has 0 unspecified atom stereocenters. The second kappa shape index (κ2) is 14.9. The first-order valence-electron chi connectivity index (χ1n) is 13.3. The summed E-state index contributed by atoms with van der Waals surface area (Å²) in [6, 6.07) is 11.0. The molecule has 3 rings (SSSR count). The van der Waals surface area contributed by atoms with Crippen LogP contribution in [-0.4, -0.2) is 52.6 Å². The Kier molecular flexibility index (Phi) is 12.1. The van der Waals surface area contributed by atoms with Gasteiger partial charge in [-0.1, -0.05) is 55.1 Å². The van der Waals surface area contributed by atoms with Crippen molar-refractivity contribution < 1.29 is 40.0 Å². The molecule has 0 atom stereocenters. The van der Waals surface area contributed by atoms with Gasteiger partial charge in [-0.3, -0.25) is 9.52 Å². The Balaban J connectivity index is 1.80. The molecule has 0 aromatic heterocycles. The monoisotopic (exact) mass is 695 g/mol. The highest BCUT2D eigenvalue weighted by Gasteiger charge is 2.35. The number of sulfone groups is 1. The number of alkyl halides is 3. The van der Waals surface area contributed by atoms with E-state index in [4.69, 9.17) is 23.2 Å². The van der Waals surface area contributed by atoms with Crippen molar-refractivity contribution in [3.8, 4) is 0 Å². The third-order valence-corrected chi connectivity index (χ3v) is 9.96. The second-order valence-electron chi connectivity index (χ2n) is 9.76. The number of halogens is 5. The van der Waals surface area contributed by atoms with E-state index >= 15 is 0 Å². The number of anilines is 1. The molecule has 1 amide bonds. The largest absolute Gasteiger partial charge is 0.417 e. The number of hydrogen-bond acceptors (Lipinski definition) is 7. The molecule has 3 N–H and O–H groups in total. The minimum atomic E-state index is -4.94. The highest BCUT2D eigenvalue weighted by atomic mass is 35.5. The summed E-state index contributed by atoms with van der Waals surface area (Å²) in [6.45, 7) is 2.86. The normalized spacial score (nSPS) is 12.4. The fraction of sp³-hybridized carbons (Fsp3) is 0.321. The lowest BCUT2D eigenvalue weighted by Gasteiger charge is -2.16. The van der Waals surface area contributed by atoms with Crippen LogP contribution in [0.4, 0.5) is 18.9 Å². The molecular weight excluding hydrogens is 666 g/mol. The van der Waals surface area contributed by atoms with Crippen molar-refractivity contribution in [1.82, 2.24) is 10.4 Å². The van der Waals surface area contributed by atoms with Crippen LogP contribution in [0.2, 0.25) is 10.0 Å². The van der Waals surface area contributed by atoms with Gasteiger partial charge in [0.05, 0.1) is 31.8 Å². The first kappa shape index (κ1) is 35.6. The predicted octanol–water partition coefficient (Wildman–Crippen LogP) is 6.40. The van der Waals surface area contributed by atoms with Crippen LogP contribution in [0.1, 0.15) is 47.7 Å². The Morgan fingerprint density at radius 3 is 2.36 bits per heavy atom. The highest BCUT2D eigenvalue weighted by molar-refractivity contribution is 7.93. The number of hydroxylamine groups is 2. The van der Waals surface area contributed by atoms with E-state index in [-0.39, 0.29) is 29.2 Å². The van der Waals surface area contributed by atoms with E-state index in [0.717, 1.165) is 48.6 Å². The van der Waals surface area contributed by atoms with E-state index in [2.05, 4.69) is 5.32 Å². The van der Waals surface area contributed by atoms with Gasteiger partial charge >= 0.3 is 6.18 Å². The zero-order chi connectivity index (χ0) is 32.7. The molecule has 0 heterocycles. The summed E-state index contributed by atoms with van der Waals surface area (Å²) in [7, 11) is -9.02. The van der Waals surface area contributed by atoms with Crippen molar-refractivity contribution in [3.05, 3.63) is 87.4 Å². The third kappa shape index (κ3) is 9.81. The zero-order valence-corrected chi connectivity index (χ0v) is 26.5. The molecule has 0 saturated carbocycles. The van der Waals surface area contributed by atoms with Gasteiger partial charge in [-0.15, -0.1) is 0 Å². The summed E-state index contributed by atoms with van der Waals surface area (Å²) >= 11 is 11.6. The average Bonchev–Trinajstić information content (AvgIpc) is 2.92. The number of nitrogens with zero attached hydrogens (tertiary/aromatic N) is 1. The fourth-order valence-corrected chi connectivity index (χ4v) is 7.15. The van der Waals surface area contributed by atoms with Crippen LogP contribution in [0.5, 0.6) is 0 Å². The lowest BCUT2D eigenvalue weighted by Crippen LogP contribution is -2.33. The van der Waals surface area contributed by atoms with Gasteiger partial charge < -0.3 is 10.5 Å². The molecule has 0 aliphatic carbocycles. The number of carbonyl (C=O) groups excluding carboxylic acids is 1. The van der Waals surface area contributed by atoms with Crippen LogP contribution in [-0.2, 0) is 31.8 Å². The number of sulfonamides is 1. The van der Waals surface area contributed by atoms with E-state index in [0.29, 0.717) is 12.6 Å². The molecule has 240 valence electrons. The Morgan fingerprint density at radius 2 is 1.68 bits per heavy atom. The molecule has 44 heavy (non-hydrogen) atoms. The topological polar surface area (TPSA) is 133 Å². The maximum atomic E-state index is 13.4. The number of nitrogens with one attached hydrogen (secondary N) is 2. The summed E-state index contributed by atoms with van der Waals surface area (Å²) in [6.07, 6.45) is -2.16. The van der Waals surface area contributed by atoms with E-state index in [9.17, 15) is 40.0 Å². The molecule has 0 fully saturated rings. The van der Waals surface area contributed by atoms with Crippen LogP contribution >= 0.6 is 23.2 Å². The molecular formula is C28H30Cl2F3N3O6S2. The van der Waals surface area contributed by atoms with Crippen molar-refractivity contribution in [2.75, 3.05) is 24.4 Å². The van der Waals surface area contributed by atoms with E-state index in [1.807, 2.05) is 11.6 Å². The maximum Gasteiger partial charge on any atom is 0.417 e. The van der Waals surface area contributed by atoms with Crippen LogP contribution in [0.3, 0.4) is 0 Å². The van der Waals surface area contributed by atoms with Gasteiger partial charge in [-0.2, -0.15) is 18.2 Å². The Hall–Kier alpha value is -2.88. The molecule has 0 bridgehead atoms. The van der Waals surface area contributed by atoms with Gasteiger partial charge in [0.15, 0.2) is 9.84 Å². The molecule has 0 saturated heterocycles. The molecule has 0 radical (unpaired) electrons. The average molecular weight is 697 g/mol. The van der Waals surface area contributed by atoms with E-state index < -0.39 is 63.8 Å². The van der Waals surface area contributed by atoms with Crippen LogP contribution in [0.25, 0.3) is 0 Å². The second-order valence-corrected chi connectivity index (χ2v) is 14.2. The standard InChI is InChI=1S/C28H30Cl2F3N3O6S2/c1-2-3-4-13-36(38)14-12-34-27(37)20-7-5-6-19(15-20)18-43(39,40)26-11-8-21(29)16-25(26)35-44(41,42)22-9-10-24(30)23(17-22)28(31,32)33/h5-11,15-17,35,38H,2-4,12-14,18H2,1H3,(H,34,37). The van der Waals surface area contributed by atoms with E-state index in [1.165, 1.54) is 30.3 Å². The number of amides is 1.